The summed E-state index contributed by atoms with van der Waals surface area (Å²) in [5, 5.41) is 4.91. The zero-order valence-corrected chi connectivity index (χ0v) is 13.5. The lowest BCUT2D eigenvalue weighted by molar-refractivity contribution is -0.118. The van der Waals surface area contributed by atoms with Gasteiger partial charge in [0, 0.05) is 31.1 Å². The zero-order chi connectivity index (χ0) is 15.2. The molecule has 0 aliphatic carbocycles. The highest BCUT2D eigenvalue weighted by Crippen LogP contribution is 2.13. The normalized spacial score (nSPS) is 11.7. The molecular formula is C16H21N3OS. The summed E-state index contributed by atoms with van der Waals surface area (Å²) in [4.78, 5) is 16.6. The standard InChI is InChI=1S/C16H21N3OS/c1-4-14-5-7-15(8-6-14)18-16-19(12(2)11-21-16)10-9-17-13(3)20/h5-8,11H,4,9-10H2,1-3H3,(H,17,20). The first-order chi connectivity index (χ1) is 10.1. The SMILES string of the molecule is CCc1ccc(N=c2scc(C)n2CCNC(C)=O)cc1. The number of aromatic nitrogens is 1. The van der Waals surface area contributed by atoms with Crippen LogP contribution >= 0.6 is 11.3 Å². The van der Waals surface area contributed by atoms with Gasteiger partial charge in [-0.2, -0.15) is 0 Å². The number of carbonyl (C=O) groups is 1. The molecule has 0 saturated heterocycles. The molecule has 0 aliphatic rings. The van der Waals surface area contributed by atoms with Crippen LogP contribution in [0.15, 0.2) is 34.6 Å². The van der Waals surface area contributed by atoms with E-state index < -0.39 is 0 Å². The van der Waals surface area contributed by atoms with Gasteiger partial charge in [-0.15, -0.1) is 11.3 Å². The molecule has 0 atom stereocenters. The molecule has 1 aromatic heterocycles. The predicted octanol–water partition coefficient (Wildman–Crippen LogP) is 2.79. The van der Waals surface area contributed by atoms with Crippen molar-refractivity contribution in [2.45, 2.75) is 33.7 Å². The van der Waals surface area contributed by atoms with Crippen LogP contribution in [0.4, 0.5) is 5.69 Å². The molecule has 1 aromatic carbocycles. The number of amides is 1. The number of hydrogen-bond acceptors (Lipinski definition) is 3. The third kappa shape index (κ3) is 4.29. The van der Waals surface area contributed by atoms with Crippen molar-refractivity contribution in [3.05, 3.63) is 45.7 Å². The first-order valence-electron chi connectivity index (χ1n) is 7.13. The molecule has 2 rings (SSSR count). The van der Waals surface area contributed by atoms with Crippen LogP contribution in [0.25, 0.3) is 0 Å². The van der Waals surface area contributed by atoms with Gasteiger partial charge in [0.05, 0.1) is 5.69 Å². The Morgan fingerprint density at radius 3 is 2.67 bits per heavy atom. The summed E-state index contributed by atoms with van der Waals surface area (Å²) in [5.41, 5.74) is 3.44. The van der Waals surface area contributed by atoms with Crippen molar-refractivity contribution in [2.75, 3.05) is 6.54 Å². The van der Waals surface area contributed by atoms with Gasteiger partial charge in [-0.3, -0.25) is 4.79 Å². The van der Waals surface area contributed by atoms with E-state index in [0.717, 1.165) is 29.1 Å². The van der Waals surface area contributed by atoms with Crippen LogP contribution in [0, 0.1) is 6.92 Å². The smallest absolute Gasteiger partial charge is 0.216 e. The summed E-state index contributed by atoms with van der Waals surface area (Å²) in [6.45, 7) is 7.09. The van der Waals surface area contributed by atoms with Crippen molar-refractivity contribution >= 4 is 22.9 Å². The van der Waals surface area contributed by atoms with Gasteiger partial charge < -0.3 is 9.88 Å². The molecule has 1 heterocycles. The van der Waals surface area contributed by atoms with Crippen LogP contribution in [0.2, 0.25) is 0 Å². The second-order valence-electron chi connectivity index (χ2n) is 4.93. The van der Waals surface area contributed by atoms with Crippen LogP contribution in [-0.4, -0.2) is 17.0 Å². The van der Waals surface area contributed by atoms with Crippen molar-refractivity contribution in [3.8, 4) is 0 Å². The van der Waals surface area contributed by atoms with E-state index in [1.165, 1.54) is 12.5 Å². The summed E-state index contributed by atoms with van der Waals surface area (Å²) in [7, 11) is 0. The van der Waals surface area contributed by atoms with Crippen molar-refractivity contribution in [1.82, 2.24) is 9.88 Å². The Hall–Kier alpha value is -1.88. The molecule has 5 heteroatoms. The Kier molecular flexibility index (Phi) is 5.33. The average Bonchev–Trinajstić information content (AvgIpc) is 2.81. The fraction of sp³-hybridized carbons (Fsp3) is 0.375. The van der Waals surface area contributed by atoms with E-state index in [4.69, 9.17) is 4.99 Å². The van der Waals surface area contributed by atoms with E-state index in [0.29, 0.717) is 6.54 Å². The summed E-state index contributed by atoms with van der Waals surface area (Å²) in [5.74, 6) is -0.00266. The fourth-order valence-electron chi connectivity index (χ4n) is 2.04. The molecule has 0 fully saturated rings. The van der Waals surface area contributed by atoms with E-state index in [2.05, 4.69) is 41.2 Å². The van der Waals surface area contributed by atoms with Gasteiger partial charge in [0.25, 0.3) is 0 Å². The minimum Gasteiger partial charge on any atom is -0.355 e. The molecule has 0 radical (unpaired) electrons. The second-order valence-corrected chi connectivity index (χ2v) is 5.76. The lowest BCUT2D eigenvalue weighted by Gasteiger charge is -2.06. The number of aryl methyl sites for hydroxylation is 2. The van der Waals surface area contributed by atoms with Gasteiger partial charge in [-0.25, -0.2) is 4.99 Å². The van der Waals surface area contributed by atoms with Gasteiger partial charge in [0.15, 0.2) is 4.80 Å². The van der Waals surface area contributed by atoms with Crippen LogP contribution in [0.5, 0.6) is 0 Å². The van der Waals surface area contributed by atoms with Crippen LogP contribution in [-0.2, 0) is 17.8 Å². The van der Waals surface area contributed by atoms with E-state index in [-0.39, 0.29) is 5.91 Å². The lowest BCUT2D eigenvalue weighted by atomic mass is 10.2. The van der Waals surface area contributed by atoms with Gasteiger partial charge in [0.1, 0.15) is 0 Å². The Balaban J connectivity index is 2.22. The average molecular weight is 303 g/mol. The lowest BCUT2D eigenvalue weighted by Crippen LogP contribution is -2.28. The number of thiazole rings is 1. The number of nitrogens with zero attached hydrogens (tertiary/aromatic N) is 2. The van der Waals surface area contributed by atoms with Gasteiger partial charge in [-0.05, 0) is 31.0 Å². The quantitative estimate of drug-likeness (QED) is 0.907. The van der Waals surface area contributed by atoms with Gasteiger partial charge >= 0.3 is 0 Å². The summed E-state index contributed by atoms with van der Waals surface area (Å²) >= 11 is 1.62. The van der Waals surface area contributed by atoms with Gasteiger partial charge in [-0.1, -0.05) is 19.1 Å². The van der Waals surface area contributed by atoms with E-state index in [9.17, 15) is 4.79 Å². The molecule has 0 spiro atoms. The first-order valence-corrected chi connectivity index (χ1v) is 8.01. The molecule has 0 unspecified atom stereocenters. The predicted molar refractivity (Wildman–Crippen MR) is 86.8 cm³/mol. The molecule has 0 aliphatic heterocycles. The Labute approximate surface area is 129 Å². The second kappa shape index (κ2) is 7.22. The number of carbonyl (C=O) groups excluding carboxylic acids is 1. The highest BCUT2D eigenvalue weighted by Gasteiger charge is 2.02. The monoisotopic (exact) mass is 303 g/mol. The molecule has 0 bridgehead atoms. The zero-order valence-electron chi connectivity index (χ0n) is 12.7. The van der Waals surface area contributed by atoms with Gasteiger partial charge in [0.2, 0.25) is 5.91 Å². The number of nitrogens with one attached hydrogen (secondary N) is 1. The maximum absolute atomic E-state index is 11.0. The molecule has 21 heavy (non-hydrogen) atoms. The van der Waals surface area contributed by atoms with Crippen LogP contribution in [0.3, 0.4) is 0 Å². The highest BCUT2D eigenvalue weighted by atomic mass is 32.1. The molecule has 4 nitrogen and oxygen atoms in total. The molecule has 2 aromatic rings. The molecule has 1 N–H and O–H groups in total. The summed E-state index contributed by atoms with van der Waals surface area (Å²) in [6, 6.07) is 8.32. The molecule has 1 amide bonds. The summed E-state index contributed by atoms with van der Waals surface area (Å²) < 4.78 is 2.13. The largest absolute Gasteiger partial charge is 0.355 e. The molecular weight excluding hydrogens is 282 g/mol. The van der Waals surface area contributed by atoms with Crippen LogP contribution < -0.4 is 10.1 Å². The van der Waals surface area contributed by atoms with E-state index >= 15 is 0 Å². The van der Waals surface area contributed by atoms with Crippen LogP contribution in [0.1, 0.15) is 25.1 Å². The number of benzene rings is 1. The third-order valence-corrected chi connectivity index (χ3v) is 4.25. The first kappa shape index (κ1) is 15.5. The molecule has 0 saturated carbocycles. The fourth-order valence-corrected chi connectivity index (χ4v) is 2.96. The van der Waals surface area contributed by atoms with Crippen molar-refractivity contribution < 1.29 is 4.79 Å². The van der Waals surface area contributed by atoms with E-state index in [1.807, 2.05) is 12.1 Å². The highest BCUT2D eigenvalue weighted by molar-refractivity contribution is 7.07. The minimum atomic E-state index is -0.00266. The Bertz CT molecular complexity index is 668. The maximum atomic E-state index is 11.0. The van der Waals surface area contributed by atoms with Crippen molar-refractivity contribution in [1.29, 1.82) is 0 Å². The number of rotatable bonds is 5. The van der Waals surface area contributed by atoms with E-state index in [1.54, 1.807) is 11.3 Å². The third-order valence-electron chi connectivity index (χ3n) is 3.27. The number of hydrogen-bond donors (Lipinski definition) is 1. The van der Waals surface area contributed by atoms with Crippen molar-refractivity contribution in [3.63, 3.8) is 0 Å². The molecule has 112 valence electrons. The summed E-state index contributed by atoms with van der Waals surface area (Å²) in [6.07, 6.45) is 1.04. The minimum absolute atomic E-state index is 0.00266. The topological polar surface area (TPSA) is 46.4 Å². The maximum Gasteiger partial charge on any atom is 0.216 e. The Morgan fingerprint density at radius 1 is 1.33 bits per heavy atom. The Morgan fingerprint density at radius 2 is 2.05 bits per heavy atom. The van der Waals surface area contributed by atoms with Crippen molar-refractivity contribution in [2.24, 2.45) is 4.99 Å².